The number of pyridine rings is 2. The second-order valence-corrected chi connectivity index (χ2v) is 8.03. The van der Waals surface area contributed by atoms with Gasteiger partial charge in [0, 0.05) is 49.0 Å². The summed E-state index contributed by atoms with van der Waals surface area (Å²) in [5, 5.41) is 20.4. The van der Waals surface area contributed by atoms with Gasteiger partial charge >= 0.3 is 6.03 Å². The molecule has 3 aromatic rings. The molecule has 3 aromatic heterocycles. The number of hydrogen-bond donors (Lipinski definition) is 4. The van der Waals surface area contributed by atoms with E-state index in [0.717, 1.165) is 42.3 Å². The van der Waals surface area contributed by atoms with Gasteiger partial charge in [0.2, 0.25) is 0 Å². The number of rotatable bonds is 7. The van der Waals surface area contributed by atoms with Gasteiger partial charge in [-0.15, -0.1) is 11.3 Å². The Hall–Kier alpha value is -3.08. The molecule has 0 atom stereocenters. The quantitative estimate of drug-likeness (QED) is 0.447. The van der Waals surface area contributed by atoms with Crippen molar-refractivity contribution in [3.05, 3.63) is 48.1 Å². The Bertz CT molecular complexity index is 990. The molecule has 1 fully saturated rings. The summed E-state index contributed by atoms with van der Waals surface area (Å²) in [6.07, 6.45) is 5.40. The Labute approximate surface area is 184 Å². The number of aliphatic hydroxyl groups excluding tert-OH is 1. The molecule has 4 heterocycles. The summed E-state index contributed by atoms with van der Waals surface area (Å²) < 4.78 is 0. The van der Waals surface area contributed by atoms with Crippen molar-refractivity contribution in [1.29, 1.82) is 0 Å². The number of thiazole rings is 1. The molecule has 1 aliphatic rings. The van der Waals surface area contributed by atoms with Crippen LogP contribution in [0.25, 0.3) is 10.6 Å². The van der Waals surface area contributed by atoms with Crippen molar-refractivity contribution in [3.8, 4) is 10.6 Å². The summed E-state index contributed by atoms with van der Waals surface area (Å²) in [7, 11) is 0. The number of nitrogens with zero attached hydrogens (tertiary/aromatic N) is 4. The number of carbonyl (C=O) groups excluding carboxylic acids is 1. The minimum atomic E-state index is -0.386. The first kappa shape index (κ1) is 21.2. The van der Waals surface area contributed by atoms with Crippen LogP contribution in [0.1, 0.15) is 12.8 Å². The lowest BCUT2D eigenvalue weighted by molar-refractivity contribution is 0.262. The van der Waals surface area contributed by atoms with E-state index in [1.54, 1.807) is 23.8 Å². The largest absolute Gasteiger partial charge is 0.395 e. The zero-order valence-electron chi connectivity index (χ0n) is 17.0. The standard InChI is InChI=1S/C21H25N7O2S/c29-13-10-23-16-6-11-28(12-7-16)19-3-1-2-17(24-19)26-21(30)27-18-14-31-20(25-18)15-4-8-22-9-5-15/h1-5,8-9,14,16,23,29H,6-7,10-13H2,(H2,24,26,27,30). The number of carbonyl (C=O) groups is 1. The molecule has 10 heteroatoms. The predicted molar refractivity (Wildman–Crippen MR) is 123 cm³/mol. The maximum atomic E-state index is 12.4. The Morgan fingerprint density at radius 1 is 1.10 bits per heavy atom. The van der Waals surface area contributed by atoms with Crippen LogP contribution in [-0.2, 0) is 0 Å². The fourth-order valence-electron chi connectivity index (χ4n) is 3.47. The summed E-state index contributed by atoms with van der Waals surface area (Å²) >= 11 is 1.45. The highest BCUT2D eigenvalue weighted by molar-refractivity contribution is 7.13. The van der Waals surface area contributed by atoms with Crippen LogP contribution in [0.4, 0.5) is 22.2 Å². The number of aliphatic hydroxyl groups is 1. The number of urea groups is 1. The first-order valence-electron chi connectivity index (χ1n) is 10.2. The fraction of sp³-hybridized carbons (Fsp3) is 0.333. The van der Waals surface area contributed by atoms with Crippen LogP contribution in [0.5, 0.6) is 0 Å². The van der Waals surface area contributed by atoms with E-state index in [0.29, 0.717) is 24.2 Å². The van der Waals surface area contributed by atoms with Gasteiger partial charge in [0.15, 0.2) is 0 Å². The van der Waals surface area contributed by atoms with Crippen LogP contribution in [0, 0.1) is 0 Å². The van der Waals surface area contributed by atoms with Crippen molar-refractivity contribution in [2.75, 3.05) is 41.8 Å². The van der Waals surface area contributed by atoms with Gasteiger partial charge in [0.05, 0.1) is 6.61 Å². The minimum Gasteiger partial charge on any atom is -0.395 e. The molecule has 0 aromatic carbocycles. The van der Waals surface area contributed by atoms with E-state index >= 15 is 0 Å². The number of piperidine rings is 1. The molecule has 1 saturated heterocycles. The van der Waals surface area contributed by atoms with Gasteiger partial charge in [0.25, 0.3) is 0 Å². The highest BCUT2D eigenvalue weighted by Gasteiger charge is 2.20. The van der Waals surface area contributed by atoms with Crippen LogP contribution in [0.3, 0.4) is 0 Å². The molecular formula is C21H25N7O2S. The molecule has 0 bridgehead atoms. The molecule has 4 rings (SSSR count). The molecule has 4 N–H and O–H groups in total. The van der Waals surface area contributed by atoms with Crippen molar-refractivity contribution in [2.45, 2.75) is 18.9 Å². The van der Waals surface area contributed by atoms with Crippen molar-refractivity contribution in [1.82, 2.24) is 20.3 Å². The molecule has 0 unspecified atom stereocenters. The number of hydrogen-bond acceptors (Lipinski definition) is 8. The molecule has 0 aliphatic carbocycles. The van der Waals surface area contributed by atoms with Crippen molar-refractivity contribution >= 4 is 34.8 Å². The number of aromatic nitrogens is 3. The van der Waals surface area contributed by atoms with E-state index < -0.39 is 0 Å². The topological polar surface area (TPSA) is 115 Å². The third kappa shape index (κ3) is 5.75. The van der Waals surface area contributed by atoms with E-state index in [-0.39, 0.29) is 12.6 Å². The van der Waals surface area contributed by atoms with Crippen molar-refractivity contribution in [3.63, 3.8) is 0 Å². The third-order valence-electron chi connectivity index (χ3n) is 5.01. The van der Waals surface area contributed by atoms with Crippen LogP contribution in [0.2, 0.25) is 0 Å². The molecule has 0 radical (unpaired) electrons. The first-order chi connectivity index (χ1) is 15.2. The lowest BCUT2D eigenvalue weighted by Crippen LogP contribution is -2.43. The molecule has 9 nitrogen and oxygen atoms in total. The lowest BCUT2D eigenvalue weighted by Gasteiger charge is -2.33. The molecule has 162 valence electrons. The van der Waals surface area contributed by atoms with Gasteiger partial charge < -0.3 is 15.3 Å². The smallest absolute Gasteiger partial charge is 0.326 e. The van der Waals surface area contributed by atoms with Gasteiger partial charge in [0.1, 0.15) is 22.5 Å². The SMILES string of the molecule is O=C(Nc1cccc(N2CCC(NCCO)CC2)n1)Nc1csc(-c2ccncc2)n1. The van der Waals surface area contributed by atoms with Gasteiger partial charge in [-0.25, -0.2) is 14.8 Å². The molecular weight excluding hydrogens is 414 g/mol. The normalized spacial score (nSPS) is 14.4. The van der Waals surface area contributed by atoms with E-state index in [4.69, 9.17) is 5.11 Å². The second kappa shape index (κ2) is 10.3. The highest BCUT2D eigenvalue weighted by atomic mass is 32.1. The Kier molecular flexibility index (Phi) is 7.03. The average molecular weight is 440 g/mol. The van der Waals surface area contributed by atoms with Gasteiger partial charge in [-0.3, -0.25) is 15.6 Å². The number of nitrogens with one attached hydrogen (secondary N) is 3. The zero-order chi connectivity index (χ0) is 21.5. The van der Waals surface area contributed by atoms with Crippen molar-refractivity contribution in [2.24, 2.45) is 0 Å². The van der Waals surface area contributed by atoms with Gasteiger partial charge in [-0.1, -0.05) is 6.07 Å². The molecule has 0 saturated carbocycles. The summed E-state index contributed by atoms with van der Waals surface area (Å²) in [4.78, 5) is 27.7. The summed E-state index contributed by atoms with van der Waals surface area (Å²) in [5.41, 5.74) is 0.957. The van der Waals surface area contributed by atoms with E-state index in [2.05, 4.69) is 35.8 Å². The van der Waals surface area contributed by atoms with E-state index in [9.17, 15) is 4.79 Å². The zero-order valence-corrected chi connectivity index (χ0v) is 17.8. The van der Waals surface area contributed by atoms with E-state index in [1.807, 2.05) is 24.3 Å². The maximum Gasteiger partial charge on any atom is 0.326 e. The second-order valence-electron chi connectivity index (χ2n) is 7.17. The van der Waals surface area contributed by atoms with Crippen LogP contribution in [-0.4, -0.2) is 58.4 Å². The third-order valence-corrected chi connectivity index (χ3v) is 5.90. The van der Waals surface area contributed by atoms with Crippen LogP contribution in [0.15, 0.2) is 48.1 Å². The summed E-state index contributed by atoms with van der Waals surface area (Å²) in [6, 6.07) is 9.40. The van der Waals surface area contributed by atoms with Gasteiger partial charge in [-0.05, 0) is 37.1 Å². The van der Waals surface area contributed by atoms with Crippen LogP contribution < -0.4 is 20.9 Å². The molecule has 31 heavy (non-hydrogen) atoms. The number of anilines is 3. The van der Waals surface area contributed by atoms with Crippen molar-refractivity contribution < 1.29 is 9.90 Å². The molecule has 2 amide bonds. The van der Waals surface area contributed by atoms with Crippen LogP contribution >= 0.6 is 11.3 Å². The Morgan fingerprint density at radius 3 is 2.65 bits per heavy atom. The summed E-state index contributed by atoms with van der Waals surface area (Å²) in [6.45, 7) is 2.54. The average Bonchev–Trinajstić information content (AvgIpc) is 3.27. The predicted octanol–water partition coefficient (Wildman–Crippen LogP) is 2.79. The molecule has 0 spiro atoms. The highest BCUT2D eigenvalue weighted by Crippen LogP contribution is 2.25. The molecule has 1 aliphatic heterocycles. The van der Waals surface area contributed by atoms with Gasteiger partial charge in [-0.2, -0.15) is 0 Å². The Morgan fingerprint density at radius 2 is 1.87 bits per heavy atom. The Balaban J connectivity index is 1.32. The lowest BCUT2D eigenvalue weighted by atomic mass is 10.1. The fourth-order valence-corrected chi connectivity index (χ4v) is 4.23. The summed E-state index contributed by atoms with van der Waals surface area (Å²) in [5.74, 6) is 1.81. The monoisotopic (exact) mass is 439 g/mol. The number of amides is 2. The first-order valence-corrected chi connectivity index (χ1v) is 11.1. The maximum absolute atomic E-state index is 12.4. The van der Waals surface area contributed by atoms with E-state index in [1.165, 1.54) is 11.3 Å². The minimum absolute atomic E-state index is 0.156.